The van der Waals surface area contributed by atoms with Crippen LogP contribution in [-0.2, 0) is 45.3 Å². The number of anilines is 1. The first-order valence-electron chi connectivity index (χ1n) is 20.6. The summed E-state index contributed by atoms with van der Waals surface area (Å²) in [5.41, 5.74) is 2.30. The summed E-state index contributed by atoms with van der Waals surface area (Å²) in [5, 5.41) is 31.3. The molecule has 0 spiro atoms. The van der Waals surface area contributed by atoms with Gasteiger partial charge in [-0.25, -0.2) is 9.78 Å². The highest BCUT2D eigenvalue weighted by Gasteiger charge is 2.43. The lowest BCUT2D eigenvalue weighted by molar-refractivity contribution is -0.742. The number of benzene rings is 3. The van der Waals surface area contributed by atoms with Gasteiger partial charge in [-0.2, -0.15) is 9.36 Å². The normalized spacial score (nSPS) is 13.5. The highest BCUT2D eigenvalue weighted by atomic mass is 35.5. The zero-order chi connectivity index (χ0) is 47.1. The number of piperidine rings is 1. The van der Waals surface area contributed by atoms with Crippen LogP contribution in [0.3, 0.4) is 0 Å². The monoisotopic (exact) mass is 947 g/mol. The molecule has 1 aliphatic heterocycles. The number of aliphatic carboxylic acids is 1. The molecule has 2 aromatic heterocycles. The second kappa shape index (κ2) is 27.7. The van der Waals surface area contributed by atoms with Gasteiger partial charge in [-0.15, -0.1) is 10.1 Å². The second-order valence-electron chi connectivity index (χ2n) is 14.5. The number of halogens is 3. The Labute approximate surface area is 387 Å². The molecule has 0 radical (unpaired) electrons. The number of imidazole rings is 1. The SMILES string of the molecule is CCC(=O)N(c1ccccc1)C1(COC)CCN(CCn2nnn(CC)c2=O)CC1.CCCC(=O)O.Clc1ccc(COC(Cn2ccnc2)c2ccc(Cl)cc2Cl)cc1.O=[N+]([O-])O. The molecule has 1 amide bonds. The molecule has 1 atom stereocenters. The van der Waals surface area contributed by atoms with Gasteiger partial charge in [0.2, 0.25) is 5.91 Å². The van der Waals surface area contributed by atoms with Gasteiger partial charge in [0.15, 0.2) is 0 Å². The molecule has 5 aromatic rings. The largest absolute Gasteiger partial charge is 0.481 e. The lowest BCUT2D eigenvalue weighted by atomic mass is 9.85. The summed E-state index contributed by atoms with van der Waals surface area (Å²) in [6, 6.07) is 22.9. The molecule has 3 heterocycles. The molecule has 6 rings (SSSR count). The number of ether oxygens (including phenoxy) is 2. The Hall–Kier alpha value is -5.37. The quantitative estimate of drug-likeness (QED) is 0.0676. The number of carboxylic acid groups (broad SMARTS) is 1. The van der Waals surface area contributed by atoms with Crippen molar-refractivity contribution >= 4 is 52.4 Å². The van der Waals surface area contributed by atoms with Crippen molar-refractivity contribution in [2.45, 2.75) is 90.8 Å². The van der Waals surface area contributed by atoms with Gasteiger partial charge in [-0.1, -0.05) is 85.0 Å². The Balaban J connectivity index is 0.000000285. The fourth-order valence-electron chi connectivity index (χ4n) is 6.77. The van der Waals surface area contributed by atoms with E-state index in [1.54, 1.807) is 25.7 Å². The lowest BCUT2D eigenvalue weighted by Gasteiger charge is -2.48. The predicted octanol–water partition coefficient (Wildman–Crippen LogP) is 7.71. The van der Waals surface area contributed by atoms with Crippen molar-refractivity contribution in [3.05, 3.63) is 138 Å². The zero-order valence-electron chi connectivity index (χ0n) is 36.3. The highest BCUT2D eigenvalue weighted by molar-refractivity contribution is 6.35. The van der Waals surface area contributed by atoms with Crippen molar-refractivity contribution in [2.24, 2.45) is 0 Å². The van der Waals surface area contributed by atoms with Crippen molar-refractivity contribution in [1.82, 2.24) is 34.2 Å². The zero-order valence-corrected chi connectivity index (χ0v) is 38.6. The van der Waals surface area contributed by atoms with E-state index in [0.29, 0.717) is 60.8 Å². The first kappa shape index (κ1) is 53.0. The minimum absolute atomic E-state index is 0.106. The van der Waals surface area contributed by atoms with Gasteiger partial charge >= 0.3 is 11.7 Å². The van der Waals surface area contributed by atoms with Gasteiger partial charge in [0.05, 0.1) is 38.2 Å². The molecule has 3 aromatic carbocycles. The first-order chi connectivity index (χ1) is 30.7. The summed E-state index contributed by atoms with van der Waals surface area (Å²) >= 11 is 18.3. The van der Waals surface area contributed by atoms with Crippen LogP contribution < -0.4 is 10.6 Å². The molecule has 18 nitrogen and oxygen atoms in total. The number of hydrogen-bond acceptors (Lipinski definition) is 11. The summed E-state index contributed by atoms with van der Waals surface area (Å²) in [5.74, 6) is -0.605. The van der Waals surface area contributed by atoms with E-state index in [-0.39, 0.29) is 23.2 Å². The Morgan fingerprint density at radius 1 is 0.953 bits per heavy atom. The molecule has 2 N–H and O–H groups in total. The number of carbonyl (C=O) groups excluding carboxylic acids is 1. The van der Waals surface area contributed by atoms with Crippen molar-refractivity contribution in [1.29, 1.82) is 0 Å². The van der Waals surface area contributed by atoms with E-state index in [1.165, 1.54) is 9.36 Å². The second-order valence-corrected chi connectivity index (χ2v) is 15.7. The van der Waals surface area contributed by atoms with Crippen LogP contribution in [0.5, 0.6) is 0 Å². The number of para-hydroxylation sites is 1. The van der Waals surface area contributed by atoms with Crippen molar-refractivity contribution < 1.29 is 34.5 Å². The Kier molecular flexibility index (Phi) is 23.0. The number of rotatable bonds is 17. The van der Waals surface area contributed by atoms with E-state index in [0.717, 1.165) is 55.7 Å². The van der Waals surface area contributed by atoms with Gasteiger partial charge in [-0.3, -0.25) is 9.59 Å². The molecule has 64 heavy (non-hydrogen) atoms. The van der Waals surface area contributed by atoms with Crippen molar-refractivity contribution in [3.63, 3.8) is 0 Å². The van der Waals surface area contributed by atoms with Crippen molar-refractivity contribution in [2.75, 3.05) is 38.3 Å². The average molecular weight is 949 g/mol. The third-order valence-electron chi connectivity index (χ3n) is 9.94. The summed E-state index contributed by atoms with van der Waals surface area (Å²) in [6.45, 7) is 10.5. The van der Waals surface area contributed by atoms with Gasteiger partial charge in [0.25, 0.3) is 5.09 Å². The van der Waals surface area contributed by atoms with E-state index < -0.39 is 11.1 Å². The molecule has 1 saturated heterocycles. The molecule has 0 saturated carbocycles. The topological polar surface area (TPSA) is 213 Å². The number of amides is 1. The predicted molar refractivity (Wildman–Crippen MR) is 243 cm³/mol. The molecule has 21 heteroatoms. The number of aryl methyl sites for hydroxylation is 1. The van der Waals surface area contributed by atoms with Gasteiger partial charge in [-0.05, 0) is 78.6 Å². The molecule has 1 unspecified atom stereocenters. The Morgan fingerprint density at radius 2 is 1.59 bits per heavy atom. The fraction of sp³-hybridized carbons (Fsp3) is 0.442. The number of tetrazole rings is 1. The first-order valence-corrected chi connectivity index (χ1v) is 21.7. The van der Waals surface area contributed by atoms with E-state index in [1.807, 2.05) is 103 Å². The van der Waals surface area contributed by atoms with Crippen LogP contribution >= 0.6 is 34.8 Å². The smallest absolute Gasteiger partial charge is 0.363 e. The molecule has 0 bridgehead atoms. The summed E-state index contributed by atoms with van der Waals surface area (Å²) in [7, 11) is 1.69. The van der Waals surface area contributed by atoms with Crippen LogP contribution in [0.4, 0.5) is 5.69 Å². The summed E-state index contributed by atoms with van der Waals surface area (Å²) in [6.07, 6.45) is 8.23. The van der Waals surface area contributed by atoms with Crippen LogP contribution in [0.25, 0.3) is 0 Å². The number of carboxylic acids is 1. The maximum absolute atomic E-state index is 13.0. The Morgan fingerprint density at radius 3 is 2.11 bits per heavy atom. The number of aromatic nitrogens is 6. The minimum Gasteiger partial charge on any atom is -0.481 e. The van der Waals surface area contributed by atoms with E-state index in [2.05, 4.69) is 20.3 Å². The molecular formula is C43H56Cl3N9O9. The standard InChI is InChI=1S/C21H32N6O3.C18H15Cl3N2O.C4H8O2.HNO3/c1-4-19(28)27(18-9-7-6-8-10-18)21(17-30-3)11-13-24(14-12-21)15-16-26-20(29)25(5-2)22-23-26;19-14-3-1-13(2-4-14)11-24-18(10-23-8-7-22-12-23)16-6-5-15(20)9-17(16)21;1-2-3-4(5)6;2-1(3)4/h6-10H,4-5,11-17H2,1-3H3;1-9,12,18H,10-11H2;2-3H2,1H3,(H,5,6);(H,2,3,4). The third-order valence-corrected chi connectivity index (χ3v) is 10.8. The fourth-order valence-corrected chi connectivity index (χ4v) is 7.43. The van der Waals surface area contributed by atoms with E-state index >= 15 is 0 Å². The van der Waals surface area contributed by atoms with Crippen molar-refractivity contribution in [3.8, 4) is 0 Å². The van der Waals surface area contributed by atoms with E-state index in [4.69, 9.17) is 64.7 Å². The Bertz CT molecular complexity index is 2200. The van der Waals surface area contributed by atoms with Gasteiger partial charge in [0.1, 0.15) is 6.10 Å². The molecule has 1 aliphatic rings. The molecule has 1 fully saturated rings. The summed E-state index contributed by atoms with van der Waals surface area (Å²) in [4.78, 5) is 51.4. The number of carbonyl (C=O) groups is 2. The van der Waals surface area contributed by atoms with Crippen LogP contribution in [0.1, 0.15) is 70.1 Å². The number of nitrogens with zero attached hydrogens (tertiary/aromatic N) is 9. The molecular weight excluding hydrogens is 893 g/mol. The van der Waals surface area contributed by atoms with E-state index in [9.17, 15) is 14.4 Å². The summed E-state index contributed by atoms with van der Waals surface area (Å²) < 4.78 is 16.5. The van der Waals surface area contributed by atoms with Gasteiger partial charge in [0, 0.05) is 84.8 Å². The highest BCUT2D eigenvalue weighted by Crippen LogP contribution is 2.35. The number of methoxy groups -OCH3 is 1. The number of hydrogen-bond donors (Lipinski definition) is 2. The van der Waals surface area contributed by atoms with Crippen LogP contribution in [0.2, 0.25) is 15.1 Å². The molecule has 0 aliphatic carbocycles. The van der Waals surface area contributed by atoms with Crippen LogP contribution in [-0.4, -0.2) is 100 Å². The van der Waals surface area contributed by atoms with Crippen LogP contribution in [0.15, 0.2) is 96.3 Å². The third kappa shape index (κ3) is 17.3. The lowest BCUT2D eigenvalue weighted by Crippen LogP contribution is -2.60. The molecule has 348 valence electrons. The average Bonchev–Trinajstić information content (AvgIpc) is 3.92. The number of likely N-dealkylation sites (tertiary alicyclic amines) is 1. The minimum atomic E-state index is -1.50. The maximum atomic E-state index is 13.0. The maximum Gasteiger partial charge on any atom is 0.363 e. The van der Waals surface area contributed by atoms with Gasteiger partial charge < -0.3 is 34.2 Å². The van der Waals surface area contributed by atoms with Crippen LogP contribution in [0, 0.1) is 10.1 Å².